The van der Waals surface area contributed by atoms with Crippen molar-refractivity contribution in [2.45, 2.75) is 128 Å². The van der Waals surface area contributed by atoms with Crippen molar-refractivity contribution in [1.29, 1.82) is 0 Å². The smallest absolute Gasteiger partial charge is 0.267 e. The highest BCUT2D eigenvalue weighted by atomic mass is 32.2. The Bertz CT molecular complexity index is 381. The molecule has 0 aromatic rings. The molecule has 0 bridgehead atoms. The van der Waals surface area contributed by atoms with E-state index >= 15 is 0 Å². The first kappa shape index (κ1) is 24.9. The highest BCUT2D eigenvalue weighted by molar-refractivity contribution is 7.86. The molecule has 0 heterocycles. The quantitative estimate of drug-likeness (QED) is 0.230. The second kappa shape index (κ2) is 16.1. The van der Waals surface area contributed by atoms with Gasteiger partial charge in [-0.25, -0.2) is 0 Å². The lowest BCUT2D eigenvalue weighted by molar-refractivity contribution is 0.150. The summed E-state index contributed by atoms with van der Waals surface area (Å²) in [5.41, 5.74) is 0. The molecule has 0 fully saturated rings. The van der Waals surface area contributed by atoms with Gasteiger partial charge in [0.1, 0.15) is 0 Å². The average molecular weight is 379 g/mol. The molecule has 0 amide bonds. The Morgan fingerprint density at radius 3 is 1.56 bits per heavy atom. The average Bonchev–Trinajstić information content (AvgIpc) is 2.54. The summed E-state index contributed by atoms with van der Waals surface area (Å²) < 4.78 is 32.5. The van der Waals surface area contributed by atoms with Crippen molar-refractivity contribution < 1.29 is 18.1 Å². The summed E-state index contributed by atoms with van der Waals surface area (Å²) in [6, 6.07) is 0. The number of unbranched alkanes of at least 4 members (excludes halogenated alkanes) is 9. The van der Waals surface area contributed by atoms with Gasteiger partial charge in [-0.2, -0.15) is 8.42 Å². The van der Waals surface area contributed by atoms with Crippen molar-refractivity contribution in [3.05, 3.63) is 0 Å². The molecule has 0 saturated heterocycles. The first-order chi connectivity index (χ1) is 11.9. The van der Waals surface area contributed by atoms with E-state index in [1.54, 1.807) is 0 Å². The van der Waals surface area contributed by atoms with Gasteiger partial charge in [0, 0.05) is 0 Å². The number of aliphatic hydroxyl groups is 1. The third-order valence-corrected chi connectivity index (χ3v) is 6.30. The first-order valence-electron chi connectivity index (χ1n) is 10.6. The minimum atomic E-state index is -3.95. The van der Waals surface area contributed by atoms with Crippen molar-refractivity contribution in [2.75, 3.05) is 0 Å². The van der Waals surface area contributed by atoms with Crippen molar-refractivity contribution in [3.63, 3.8) is 0 Å². The van der Waals surface area contributed by atoms with Gasteiger partial charge in [-0.15, -0.1) is 0 Å². The summed E-state index contributed by atoms with van der Waals surface area (Å²) in [7, 11) is -3.95. The molecular formula is C20H42O4S. The number of aliphatic hydroxyl groups excluding tert-OH is 1. The topological polar surface area (TPSA) is 74.6 Å². The zero-order chi connectivity index (χ0) is 19.0. The standard InChI is InChI=1S/C20H42O4S/c1-3-5-6-7-8-9-10-11-12-17-20(25(22,23)24)18-14-13-16-19(21)15-4-2/h19-21H,3-18H2,1-2H3,(H,22,23,24). The van der Waals surface area contributed by atoms with Crippen LogP contribution < -0.4 is 0 Å². The van der Waals surface area contributed by atoms with E-state index < -0.39 is 15.4 Å². The molecule has 0 aliphatic heterocycles. The Labute approximate surface area is 156 Å². The molecule has 0 aliphatic carbocycles. The van der Waals surface area contributed by atoms with Gasteiger partial charge >= 0.3 is 0 Å². The molecule has 2 N–H and O–H groups in total. The predicted octanol–water partition coefficient (Wildman–Crippen LogP) is 5.89. The van der Waals surface area contributed by atoms with Gasteiger partial charge < -0.3 is 5.11 Å². The van der Waals surface area contributed by atoms with E-state index in [2.05, 4.69) is 6.92 Å². The number of rotatable bonds is 18. The monoisotopic (exact) mass is 378 g/mol. The predicted molar refractivity (Wildman–Crippen MR) is 107 cm³/mol. The van der Waals surface area contributed by atoms with Gasteiger partial charge in [0.05, 0.1) is 11.4 Å². The summed E-state index contributed by atoms with van der Waals surface area (Å²) in [4.78, 5) is 0. The lowest BCUT2D eigenvalue weighted by atomic mass is 10.0. The highest BCUT2D eigenvalue weighted by Crippen LogP contribution is 2.19. The fourth-order valence-electron chi connectivity index (χ4n) is 3.35. The molecule has 0 spiro atoms. The van der Waals surface area contributed by atoms with Crippen LogP contribution in [0.1, 0.15) is 117 Å². The second-order valence-corrected chi connectivity index (χ2v) is 9.18. The molecule has 25 heavy (non-hydrogen) atoms. The van der Waals surface area contributed by atoms with Gasteiger partial charge in [0.25, 0.3) is 10.1 Å². The summed E-state index contributed by atoms with van der Waals surface area (Å²) in [6.07, 6.45) is 15.7. The van der Waals surface area contributed by atoms with Gasteiger partial charge in [-0.3, -0.25) is 4.55 Å². The maximum absolute atomic E-state index is 11.5. The van der Waals surface area contributed by atoms with Crippen molar-refractivity contribution in [1.82, 2.24) is 0 Å². The van der Waals surface area contributed by atoms with Gasteiger partial charge in [0.15, 0.2) is 0 Å². The minimum Gasteiger partial charge on any atom is -0.393 e. The second-order valence-electron chi connectivity index (χ2n) is 7.48. The molecule has 0 saturated carbocycles. The van der Waals surface area contributed by atoms with Crippen LogP contribution in [0.3, 0.4) is 0 Å². The normalized spacial score (nSPS) is 14.6. The minimum absolute atomic E-state index is 0.272. The maximum Gasteiger partial charge on any atom is 0.267 e. The SMILES string of the molecule is CCCCCCCCCCCC(CCCCC(O)CCC)S(=O)(=O)O. The third-order valence-electron chi connectivity index (χ3n) is 4.99. The van der Waals surface area contributed by atoms with Crippen LogP contribution in [0, 0.1) is 0 Å². The molecule has 5 heteroatoms. The molecule has 0 rings (SSSR count). The lowest BCUT2D eigenvalue weighted by Gasteiger charge is -2.14. The summed E-state index contributed by atoms with van der Waals surface area (Å²) in [5.74, 6) is 0. The van der Waals surface area contributed by atoms with Crippen molar-refractivity contribution in [2.24, 2.45) is 0 Å². The Morgan fingerprint density at radius 1 is 0.640 bits per heavy atom. The number of hydrogen-bond donors (Lipinski definition) is 2. The highest BCUT2D eigenvalue weighted by Gasteiger charge is 2.22. The molecule has 152 valence electrons. The Kier molecular flexibility index (Phi) is 16.0. The third kappa shape index (κ3) is 15.8. The fraction of sp³-hybridized carbons (Fsp3) is 1.00. The van der Waals surface area contributed by atoms with Crippen LogP contribution in [0.4, 0.5) is 0 Å². The van der Waals surface area contributed by atoms with E-state index in [-0.39, 0.29) is 6.10 Å². The van der Waals surface area contributed by atoms with E-state index in [4.69, 9.17) is 0 Å². The Hall–Kier alpha value is -0.130. The summed E-state index contributed by atoms with van der Waals surface area (Å²) in [6.45, 7) is 4.27. The molecule has 2 unspecified atom stereocenters. The fourth-order valence-corrected chi connectivity index (χ4v) is 4.28. The molecular weight excluding hydrogens is 336 g/mol. The van der Waals surface area contributed by atoms with E-state index in [1.807, 2.05) is 6.92 Å². The largest absolute Gasteiger partial charge is 0.393 e. The first-order valence-corrected chi connectivity index (χ1v) is 12.1. The van der Waals surface area contributed by atoms with E-state index in [0.717, 1.165) is 51.4 Å². The van der Waals surface area contributed by atoms with Crippen molar-refractivity contribution in [3.8, 4) is 0 Å². The van der Waals surface area contributed by atoms with Crippen LogP contribution in [0.15, 0.2) is 0 Å². The molecule has 4 nitrogen and oxygen atoms in total. The van der Waals surface area contributed by atoms with E-state index in [9.17, 15) is 18.1 Å². The van der Waals surface area contributed by atoms with Crippen molar-refractivity contribution >= 4 is 10.1 Å². The molecule has 0 aliphatic rings. The van der Waals surface area contributed by atoms with Crippen LogP contribution in [-0.4, -0.2) is 29.4 Å². The molecule has 0 aromatic heterocycles. The zero-order valence-corrected chi connectivity index (χ0v) is 17.4. The van der Waals surface area contributed by atoms with Crippen LogP contribution in [0.2, 0.25) is 0 Å². The van der Waals surface area contributed by atoms with Gasteiger partial charge in [-0.1, -0.05) is 90.9 Å². The van der Waals surface area contributed by atoms with Crippen LogP contribution in [-0.2, 0) is 10.1 Å². The lowest BCUT2D eigenvalue weighted by Crippen LogP contribution is -2.20. The molecule has 2 atom stereocenters. The number of hydrogen-bond acceptors (Lipinski definition) is 3. The van der Waals surface area contributed by atoms with Crippen LogP contribution in [0.25, 0.3) is 0 Å². The van der Waals surface area contributed by atoms with Crippen LogP contribution >= 0.6 is 0 Å². The summed E-state index contributed by atoms with van der Waals surface area (Å²) in [5, 5.41) is 9.07. The maximum atomic E-state index is 11.5. The summed E-state index contributed by atoms with van der Waals surface area (Å²) >= 11 is 0. The van der Waals surface area contributed by atoms with Crippen LogP contribution in [0.5, 0.6) is 0 Å². The van der Waals surface area contributed by atoms with E-state index in [0.29, 0.717) is 12.8 Å². The zero-order valence-electron chi connectivity index (χ0n) is 16.6. The molecule has 0 radical (unpaired) electrons. The van der Waals surface area contributed by atoms with E-state index in [1.165, 1.54) is 38.5 Å². The van der Waals surface area contributed by atoms with Gasteiger partial charge in [-0.05, 0) is 25.7 Å². The Morgan fingerprint density at radius 2 is 1.08 bits per heavy atom. The van der Waals surface area contributed by atoms with Gasteiger partial charge in [0.2, 0.25) is 0 Å². The molecule has 0 aromatic carbocycles. The Balaban J connectivity index is 3.80.